The Morgan fingerprint density at radius 1 is 1.00 bits per heavy atom. The molecule has 0 radical (unpaired) electrons. The van der Waals surface area contributed by atoms with Gasteiger partial charge >= 0.3 is 0 Å². The molecule has 0 saturated heterocycles. The van der Waals surface area contributed by atoms with Crippen LogP contribution in [0.25, 0.3) is 16.9 Å². The van der Waals surface area contributed by atoms with Gasteiger partial charge in [-0.1, -0.05) is 30.3 Å². The third kappa shape index (κ3) is 3.76. The van der Waals surface area contributed by atoms with Crippen molar-refractivity contribution in [2.24, 2.45) is 0 Å². The minimum atomic E-state index is -0.437. The van der Waals surface area contributed by atoms with E-state index in [4.69, 9.17) is 4.98 Å². The molecule has 5 nitrogen and oxygen atoms in total. The van der Waals surface area contributed by atoms with Crippen LogP contribution < -0.4 is 5.32 Å². The number of aromatic nitrogens is 3. The maximum atomic E-state index is 13.7. The van der Waals surface area contributed by atoms with Crippen LogP contribution in [0.2, 0.25) is 0 Å². The summed E-state index contributed by atoms with van der Waals surface area (Å²) in [6, 6.07) is 19.8. The Kier molecular flexibility index (Phi) is 5.10. The molecule has 4 aromatic rings. The van der Waals surface area contributed by atoms with E-state index >= 15 is 0 Å². The molecular formula is C22H19FN4O. The van der Waals surface area contributed by atoms with Gasteiger partial charge in [-0.25, -0.2) is 14.4 Å². The number of hydrogen-bond acceptors (Lipinski definition) is 3. The first-order valence-corrected chi connectivity index (χ1v) is 9.14. The van der Waals surface area contributed by atoms with Gasteiger partial charge in [0.1, 0.15) is 17.2 Å². The van der Waals surface area contributed by atoms with Gasteiger partial charge in [-0.15, -0.1) is 0 Å². The maximum Gasteiger partial charge on any atom is 0.224 e. The van der Waals surface area contributed by atoms with Gasteiger partial charge in [0.25, 0.3) is 0 Å². The smallest absolute Gasteiger partial charge is 0.224 e. The SMILES string of the molecule is O=C(CCCc1nc2cccnc2n1-c1ccccc1)Nc1ccccc1F. The minimum absolute atomic E-state index is 0.202. The lowest BCUT2D eigenvalue weighted by molar-refractivity contribution is -0.116. The van der Waals surface area contributed by atoms with Crippen molar-refractivity contribution in [3.8, 4) is 5.69 Å². The molecular weight excluding hydrogens is 355 g/mol. The lowest BCUT2D eigenvalue weighted by atomic mass is 10.2. The fraction of sp³-hybridized carbons (Fsp3) is 0.136. The van der Waals surface area contributed by atoms with Gasteiger partial charge in [-0.05, 0) is 42.8 Å². The fourth-order valence-electron chi connectivity index (χ4n) is 3.16. The number of benzene rings is 2. The van der Waals surface area contributed by atoms with Gasteiger partial charge in [-0.2, -0.15) is 0 Å². The number of pyridine rings is 1. The number of fused-ring (bicyclic) bond motifs is 1. The highest BCUT2D eigenvalue weighted by Crippen LogP contribution is 2.21. The van der Waals surface area contributed by atoms with Crippen LogP contribution >= 0.6 is 0 Å². The van der Waals surface area contributed by atoms with Crippen LogP contribution in [0.5, 0.6) is 0 Å². The topological polar surface area (TPSA) is 59.8 Å². The first-order valence-electron chi connectivity index (χ1n) is 9.14. The number of anilines is 1. The normalized spacial score (nSPS) is 10.9. The van der Waals surface area contributed by atoms with Crippen molar-refractivity contribution in [1.82, 2.24) is 14.5 Å². The summed E-state index contributed by atoms with van der Waals surface area (Å²) in [6.45, 7) is 0. The molecule has 0 unspecified atom stereocenters. The maximum absolute atomic E-state index is 13.7. The summed E-state index contributed by atoms with van der Waals surface area (Å²) >= 11 is 0. The number of rotatable bonds is 6. The van der Waals surface area contributed by atoms with E-state index in [9.17, 15) is 9.18 Å². The first-order chi connectivity index (χ1) is 13.7. The average molecular weight is 374 g/mol. The first kappa shape index (κ1) is 17.9. The average Bonchev–Trinajstić information content (AvgIpc) is 3.08. The highest BCUT2D eigenvalue weighted by molar-refractivity contribution is 5.90. The Morgan fingerprint density at radius 2 is 1.79 bits per heavy atom. The molecule has 0 aliphatic rings. The largest absolute Gasteiger partial charge is 0.324 e. The predicted octanol–water partition coefficient (Wildman–Crippen LogP) is 4.52. The fourth-order valence-corrected chi connectivity index (χ4v) is 3.16. The van der Waals surface area contributed by atoms with Crippen molar-refractivity contribution in [3.05, 3.63) is 84.6 Å². The standard InChI is InChI=1S/C22H19FN4O/c23-17-10-4-5-11-18(17)26-21(28)14-6-13-20-25-19-12-7-15-24-22(19)27(20)16-8-2-1-3-9-16/h1-5,7-12,15H,6,13-14H2,(H,26,28). The highest BCUT2D eigenvalue weighted by Gasteiger charge is 2.14. The highest BCUT2D eigenvalue weighted by atomic mass is 19.1. The summed E-state index contributed by atoms with van der Waals surface area (Å²) in [6.07, 6.45) is 3.22. The lowest BCUT2D eigenvalue weighted by Gasteiger charge is -2.09. The number of aryl methyl sites for hydroxylation is 1. The number of carbonyl (C=O) groups excluding carboxylic acids is 1. The van der Waals surface area contributed by atoms with Gasteiger partial charge in [0, 0.05) is 24.7 Å². The van der Waals surface area contributed by atoms with Gasteiger partial charge in [0.15, 0.2) is 5.65 Å². The monoisotopic (exact) mass is 374 g/mol. The number of nitrogens with one attached hydrogen (secondary N) is 1. The zero-order valence-electron chi connectivity index (χ0n) is 15.2. The molecule has 0 aliphatic carbocycles. The van der Waals surface area contributed by atoms with Crippen molar-refractivity contribution >= 4 is 22.8 Å². The molecule has 2 aromatic carbocycles. The summed E-state index contributed by atoms with van der Waals surface area (Å²) < 4.78 is 15.7. The van der Waals surface area contributed by atoms with E-state index in [1.54, 1.807) is 24.4 Å². The van der Waals surface area contributed by atoms with Crippen LogP contribution in [0.1, 0.15) is 18.7 Å². The van der Waals surface area contributed by atoms with Crippen LogP contribution in [-0.2, 0) is 11.2 Å². The van der Waals surface area contributed by atoms with Crippen LogP contribution in [0.15, 0.2) is 72.9 Å². The Morgan fingerprint density at radius 3 is 2.61 bits per heavy atom. The molecule has 0 saturated carbocycles. The second-order valence-corrected chi connectivity index (χ2v) is 6.43. The molecule has 140 valence electrons. The second-order valence-electron chi connectivity index (χ2n) is 6.43. The van der Waals surface area contributed by atoms with Gasteiger partial charge in [0.2, 0.25) is 5.91 Å². The third-order valence-electron chi connectivity index (χ3n) is 4.45. The second kappa shape index (κ2) is 8.00. The molecule has 1 N–H and O–H groups in total. The third-order valence-corrected chi connectivity index (χ3v) is 4.45. The Balaban J connectivity index is 1.49. The summed E-state index contributed by atoms with van der Waals surface area (Å²) in [5.74, 6) is 0.192. The van der Waals surface area contributed by atoms with E-state index in [1.165, 1.54) is 6.07 Å². The van der Waals surface area contributed by atoms with Gasteiger partial charge < -0.3 is 5.32 Å². The number of carbonyl (C=O) groups is 1. The number of amides is 1. The van der Waals surface area contributed by atoms with E-state index < -0.39 is 5.82 Å². The molecule has 1 amide bonds. The quantitative estimate of drug-likeness (QED) is 0.540. The molecule has 2 aromatic heterocycles. The number of halogens is 1. The van der Waals surface area contributed by atoms with E-state index in [-0.39, 0.29) is 18.0 Å². The van der Waals surface area contributed by atoms with Gasteiger partial charge in [-0.3, -0.25) is 9.36 Å². The molecule has 0 aliphatic heterocycles. The van der Waals surface area contributed by atoms with Crippen molar-refractivity contribution in [2.75, 3.05) is 5.32 Å². The molecule has 2 heterocycles. The number of hydrogen-bond donors (Lipinski definition) is 1. The van der Waals surface area contributed by atoms with E-state index in [1.807, 2.05) is 47.0 Å². The molecule has 0 bridgehead atoms. The zero-order chi connectivity index (χ0) is 19.3. The van der Waals surface area contributed by atoms with E-state index in [0.29, 0.717) is 12.8 Å². The number of imidazole rings is 1. The Hall–Kier alpha value is -3.54. The number of nitrogens with zero attached hydrogens (tertiary/aromatic N) is 3. The summed E-state index contributed by atoms with van der Waals surface area (Å²) in [7, 11) is 0. The molecule has 0 fully saturated rings. The van der Waals surface area contributed by atoms with Crippen molar-refractivity contribution in [3.63, 3.8) is 0 Å². The van der Waals surface area contributed by atoms with Crippen molar-refractivity contribution < 1.29 is 9.18 Å². The van der Waals surface area contributed by atoms with E-state index in [2.05, 4.69) is 10.3 Å². The van der Waals surface area contributed by atoms with E-state index in [0.717, 1.165) is 22.7 Å². The lowest BCUT2D eigenvalue weighted by Crippen LogP contribution is -2.13. The Labute approximate surface area is 161 Å². The zero-order valence-corrected chi connectivity index (χ0v) is 15.2. The summed E-state index contributed by atoms with van der Waals surface area (Å²) in [4.78, 5) is 21.3. The molecule has 4 rings (SSSR count). The minimum Gasteiger partial charge on any atom is -0.324 e. The van der Waals surface area contributed by atoms with Crippen molar-refractivity contribution in [1.29, 1.82) is 0 Å². The van der Waals surface area contributed by atoms with Crippen LogP contribution in [0.4, 0.5) is 10.1 Å². The van der Waals surface area contributed by atoms with Crippen LogP contribution in [-0.4, -0.2) is 20.4 Å². The van der Waals surface area contributed by atoms with Crippen LogP contribution in [0.3, 0.4) is 0 Å². The molecule has 6 heteroatoms. The molecule has 0 spiro atoms. The number of para-hydroxylation sites is 2. The predicted molar refractivity (Wildman–Crippen MR) is 107 cm³/mol. The Bertz CT molecular complexity index is 1110. The van der Waals surface area contributed by atoms with Gasteiger partial charge in [0.05, 0.1) is 5.69 Å². The summed E-state index contributed by atoms with van der Waals surface area (Å²) in [5.41, 5.74) is 2.79. The molecule has 28 heavy (non-hydrogen) atoms. The summed E-state index contributed by atoms with van der Waals surface area (Å²) in [5, 5.41) is 2.62. The molecule has 0 atom stereocenters. The van der Waals surface area contributed by atoms with Crippen molar-refractivity contribution in [2.45, 2.75) is 19.3 Å². The van der Waals surface area contributed by atoms with Crippen LogP contribution in [0, 0.1) is 5.82 Å².